The number of aromatic nitrogens is 1. The molecule has 0 aliphatic rings. The summed E-state index contributed by atoms with van der Waals surface area (Å²) in [5.74, 6) is -2.41. The third-order valence-corrected chi connectivity index (χ3v) is 5.81. The van der Waals surface area contributed by atoms with Crippen molar-refractivity contribution in [3.8, 4) is 16.0 Å². The van der Waals surface area contributed by atoms with Crippen LogP contribution in [0.1, 0.15) is 16.6 Å². The van der Waals surface area contributed by atoms with Crippen molar-refractivity contribution in [2.24, 2.45) is 5.92 Å². The molecule has 0 fully saturated rings. The smallest absolute Gasteiger partial charge is 0.348 e. The Morgan fingerprint density at radius 1 is 1.27 bits per heavy atom. The molecule has 26 heavy (non-hydrogen) atoms. The van der Waals surface area contributed by atoms with Crippen molar-refractivity contribution in [1.29, 1.82) is 10.7 Å². The Morgan fingerprint density at radius 3 is 2.73 bits per heavy atom. The summed E-state index contributed by atoms with van der Waals surface area (Å²) in [6.45, 7) is 0.846. The van der Waals surface area contributed by atoms with Crippen molar-refractivity contribution >= 4 is 50.4 Å². The number of nitrogens with one attached hydrogen (secondary N) is 1. The van der Waals surface area contributed by atoms with Crippen LogP contribution in [0.25, 0.3) is 20.1 Å². The zero-order chi connectivity index (χ0) is 18.7. The fourth-order valence-corrected chi connectivity index (χ4v) is 4.16. The number of ketones is 1. The Hall–Kier alpha value is -2.89. The van der Waals surface area contributed by atoms with E-state index in [2.05, 4.69) is 4.98 Å². The maximum atomic E-state index is 12.1. The molecule has 1 unspecified atom stereocenters. The molecule has 0 bridgehead atoms. The van der Waals surface area contributed by atoms with Gasteiger partial charge in [0.1, 0.15) is 15.8 Å². The number of hydrogen-bond acceptors (Lipinski definition) is 8. The molecule has 2 aromatic heterocycles. The molecule has 0 aliphatic carbocycles. The van der Waals surface area contributed by atoms with Crippen LogP contribution in [0, 0.1) is 22.7 Å². The van der Waals surface area contributed by atoms with Crippen LogP contribution in [-0.4, -0.2) is 29.1 Å². The maximum Gasteiger partial charge on any atom is 0.348 e. The van der Waals surface area contributed by atoms with E-state index in [-0.39, 0.29) is 5.71 Å². The van der Waals surface area contributed by atoms with E-state index in [1.807, 2.05) is 24.3 Å². The number of nitrogens with zero attached hydrogens (tertiary/aromatic N) is 2. The quantitative estimate of drug-likeness (QED) is 0.513. The van der Waals surface area contributed by atoms with E-state index >= 15 is 0 Å². The van der Waals surface area contributed by atoms with Crippen molar-refractivity contribution in [3.63, 3.8) is 0 Å². The molecular formula is C18H13N3O3S2. The van der Waals surface area contributed by atoms with E-state index in [1.165, 1.54) is 29.6 Å². The summed E-state index contributed by atoms with van der Waals surface area (Å²) in [5.41, 5.74) is 0.836. The highest BCUT2D eigenvalue weighted by Gasteiger charge is 2.22. The highest BCUT2D eigenvalue weighted by Crippen LogP contribution is 2.34. The van der Waals surface area contributed by atoms with Gasteiger partial charge in [0.15, 0.2) is 12.4 Å². The van der Waals surface area contributed by atoms with Gasteiger partial charge in [-0.25, -0.2) is 9.78 Å². The Kier molecular flexibility index (Phi) is 5.21. The van der Waals surface area contributed by atoms with E-state index in [0.29, 0.717) is 4.88 Å². The van der Waals surface area contributed by atoms with E-state index in [9.17, 15) is 9.59 Å². The van der Waals surface area contributed by atoms with E-state index < -0.39 is 24.3 Å². The Morgan fingerprint density at radius 2 is 2.04 bits per heavy atom. The molecule has 2 heterocycles. The summed E-state index contributed by atoms with van der Waals surface area (Å²) in [6.07, 6.45) is 0. The topological polar surface area (TPSA) is 104 Å². The second-order valence-electron chi connectivity index (χ2n) is 5.44. The Labute approximate surface area is 157 Å². The Balaban J connectivity index is 1.69. The van der Waals surface area contributed by atoms with Crippen molar-refractivity contribution in [2.45, 2.75) is 6.92 Å². The second kappa shape index (κ2) is 7.56. The molecular weight excluding hydrogens is 370 g/mol. The predicted molar refractivity (Wildman–Crippen MR) is 101 cm³/mol. The molecule has 0 radical (unpaired) electrons. The molecule has 0 amide bonds. The summed E-state index contributed by atoms with van der Waals surface area (Å²) >= 11 is 2.77. The lowest BCUT2D eigenvalue weighted by Crippen LogP contribution is -2.25. The van der Waals surface area contributed by atoms with Crippen LogP contribution < -0.4 is 0 Å². The van der Waals surface area contributed by atoms with Gasteiger partial charge in [-0.1, -0.05) is 12.1 Å². The van der Waals surface area contributed by atoms with Crippen LogP contribution in [0.5, 0.6) is 0 Å². The first-order chi connectivity index (χ1) is 12.5. The van der Waals surface area contributed by atoms with Crippen LogP contribution >= 0.6 is 22.7 Å². The van der Waals surface area contributed by atoms with Crippen LogP contribution in [0.3, 0.4) is 0 Å². The number of carbonyl (C=O) groups is 2. The average Bonchev–Trinajstić information content (AvgIpc) is 3.26. The number of carbonyl (C=O) groups excluding carboxylic acids is 2. The van der Waals surface area contributed by atoms with Gasteiger partial charge in [-0.2, -0.15) is 5.26 Å². The molecule has 1 N–H and O–H groups in total. The van der Waals surface area contributed by atoms with Crippen LogP contribution in [-0.2, 0) is 9.53 Å². The van der Waals surface area contributed by atoms with Crippen LogP contribution in [0.2, 0.25) is 0 Å². The molecule has 1 atom stereocenters. The van der Waals surface area contributed by atoms with Gasteiger partial charge < -0.3 is 10.1 Å². The number of nitriles is 1. The molecule has 0 saturated carbocycles. The lowest BCUT2D eigenvalue weighted by Gasteiger charge is -2.06. The number of ether oxygens (including phenoxy) is 1. The highest BCUT2D eigenvalue weighted by molar-refractivity contribution is 7.26. The van der Waals surface area contributed by atoms with Crippen molar-refractivity contribution < 1.29 is 14.3 Å². The van der Waals surface area contributed by atoms with Gasteiger partial charge in [-0.15, -0.1) is 22.7 Å². The molecule has 3 aromatic rings. The van der Waals surface area contributed by atoms with Gasteiger partial charge >= 0.3 is 5.97 Å². The minimum Gasteiger partial charge on any atom is -0.453 e. The third-order valence-electron chi connectivity index (χ3n) is 3.54. The summed E-state index contributed by atoms with van der Waals surface area (Å²) in [4.78, 5) is 29.7. The SMILES string of the molecule is CC(=N)C(C#N)C(=O)COC(=O)c1ccc(-c2nc3ccccc3s2)s1. The van der Waals surface area contributed by atoms with Gasteiger partial charge in [-0.3, -0.25) is 4.79 Å². The van der Waals surface area contributed by atoms with Gasteiger partial charge in [0.2, 0.25) is 0 Å². The van der Waals surface area contributed by atoms with Gasteiger partial charge in [0, 0.05) is 5.71 Å². The first kappa shape index (κ1) is 17.9. The standard InChI is InChI=1S/C18H13N3O3S2/c1-10(20)11(8-19)13(22)9-24-18(23)16-7-6-15(25-16)17-21-12-4-2-3-5-14(12)26-17/h2-7,11,20H,9H2,1H3. The first-order valence-corrected chi connectivity index (χ1v) is 9.23. The number of benzene rings is 1. The Bertz CT molecular complexity index is 1010. The largest absolute Gasteiger partial charge is 0.453 e. The predicted octanol–water partition coefficient (Wildman–Crippen LogP) is 3.93. The molecule has 130 valence electrons. The monoisotopic (exact) mass is 383 g/mol. The minimum absolute atomic E-state index is 0.0669. The number of thiazole rings is 1. The highest BCUT2D eigenvalue weighted by atomic mass is 32.1. The number of rotatable bonds is 6. The van der Waals surface area contributed by atoms with Crippen LogP contribution in [0.4, 0.5) is 0 Å². The number of Topliss-reactive ketones (excluding diaryl/α,β-unsaturated/α-hetero) is 1. The third kappa shape index (κ3) is 3.69. The number of hydrogen-bond donors (Lipinski definition) is 1. The van der Waals surface area contributed by atoms with Gasteiger partial charge in [0.25, 0.3) is 0 Å². The molecule has 8 heteroatoms. The minimum atomic E-state index is -1.18. The summed E-state index contributed by atoms with van der Waals surface area (Å²) in [6, 6.07) is 12.9. The number of esters is 1. The van der Waals surface area contributed by atoms with Gasteiger partial charge in [0.05, 0.1) is 21.2 Å². The van der Waals surface area contributed by atoms with Crippen molar-refractivity contribution in [3.05, 3.63) is 41.3 Å². The normalized spacial score (nSPS) is 11.7. The maximum absolute atomic E-state index is 12.1. The molecule has 3 rings (SSSR count). The fourth-order valence-electron chi connectivity index (χ4n) is 2.24. The van der Waals surface area contributed by atoms with E-state index in [4.69, 9.17) is 15.4 Å². The molecule has 0 aliphatic heterocycles. The summed E-state index contributed by atoms with van der Waals surface area (Å²) in [5, 5.41) is 17.1. The molecule has 1 aromatic carbocycles. The molecule has 0 spiro atoms. The zero-order valence-electron chi connectivity index (χ0n) is 13.7. The number of thiophene rings is 1. The number of fused-ring (bicyclic) bond motifs is 1. The summed E-state index contributed by atoms with van der Waals surface area (Å²) < 4.78 is 6.05. The molecule has 0 saturated heterocycles. The van der Waals surface area contributed by atoms with Crippen molar-refractivity contribution in [2.75, 3.05) is 6.61 Å². The van der Waals surface area contributed by atoms with E-state index in [1.54, 1.807) is 18.2 Å². The number of para-hydroxylation sites is 1. The molecule has 6 nitrogen and oxygen atoms in total. The van der Waals surface area contributed by atoms with Crippen molar-refractivity contribution in [1.82, 2.24) is 4.98 Å². The second-order valence-corrected chi connectivity index (χ2v) is 7.55. The average molecular weight is 383 g/mol. The summed E-state index contributed by atoms with van der Waals surface area (Å²) in [7, 11) is 0. The fraction of sp³-hybridized carbons (Fsp3) is 0.167. The van der Waals surface area contributed by atoms with Crippen LogP contribution in [0.15, 0.2) is 36.4 Å². The first-order valence-electron chi connectivity index (χ1n) is 7.60. The lowest BCUT2D eigenvalue weighted by atomic mass is 10.0. The zero-order valence-corrected chi connectivity index (χ0v) is 15.3. The lowest BCUT2D eigenvalue weighted by molar-refractivity contribution is -0.122. The van der Waals surface area contributed by atoms with Gasteiger partial charge in [-0.05, 0) is 31.2 Å². The van der Waals surface area contributed by atoms with E-state index in [0.717, 1.165) is 20.1 Å².